The van der Waals surface area contributed by atoms with Crippen LogP contribution in [0.15, 0.2) is 24.5 Å². The van der Waals surface area contributed by atoms with Crippen molar-refractivity contribution >= 4 is 5.91 Å². The molecule has 4 heteroatoms. The molecule has 17 heavy (non-hydrogen) atoms. The Morgan fingerprint density at radius 1 is 1.35 bits per heavy atom. The Morgan fingerprint density at radius 3 is 2.65 bits per heavy atom. The van der Waals surface area contributed by atoms with Crippen molar-refractivity contribution in [3.63, 3.8) is 0 Å². The van der Waals surface area contributed by atoms with Crippen LogP contribution in [0.2, 0.25) is 0 Å². The van der Waals surface area contributed by atoms with E-state index < -0.39 is 0 Å². The molecule has 2 heterocycles. The minimum absolute atomic E-state index is 0.263. The molecule has 0 unspecified atom stereocenters. The van der Waals surface area contributed by atoms with Crippen molar-refractivity contribution in [2.24, 2.45) is 0 Å². The molecule has 1 N–H and O–H groups in total. The fourth-order valence-electron chi connectivity index (χ4n) is 1.98. The maximum Gasteiger partial charge on any atom is 0.229 e. The molecular formula is C13H20N3O+. The molecule has 1 saturated heterocycles. The van der Waals surface area contributed by atoms with Crippen LogP contribution >= 0.6 is 0 Å². The molecule has 0 aliphatic carbocycles. The summed E-state index contributed by atoms with van der Waals surface area (Å²) in [4.78, 5) is 13.9. The van der Waals surface area contributed by atoms with Crippen molar-refractivity contribution in [1.29, 1.82) is 0 Å². The highest BCUT2D eigenvalue weighted by atomic mass is 16.2. The first-order chi connectivity index (χ1) is 8.25. The predicted octanol–water partition coefficient (Wildman–Crippen LogP) is 0.104. The average Bonchev–Trinajstić information content (AvgIpc) is 2.39. The van der Waals surface area contributed by atoms with Gasteiger partial charge in [-0.2, -0.15) is 0 Å². The van der Waals surface area contributed by atoms with Crippen LogP contribution in [0.3, 0.4) is 0 Å². The SMILES string of the molecule is Cc1cc[n+](CCC(=O)N2CCNCC2)cc1. The van der Waals surface area contributed by atoms with E-state index in [2.05, 4.69) is 28.9 Å². The first-order valence-corrected chi connectivity index (χ1v) is 6.20. The van der Waals surface area contributed by atoms with Crippen LogP contribution in [0.4, 0.5) is 0 Å². The number of aryl methyl sites for hydroxylation is 2. The number of nitrogens with one attached hydrogen (secondary N) is 1. The van der Waals surface area contributed by atoms with Gasteiger partial charge in [0, 0.05) is 38.3 Å². The summed E-state index contributed by atoms with van der Waals surface area (Å²) < 4.78 is 2.06. The van der Waals surface area contributed by atoms with E-state index in [9.17, 15) is 4.79 Å². The summed E-state index contributed by atoms with van der Waals surface area (Å²) in [5.74, 6) is 0.263. The lowest BCUT2D eigenvalue weighted by atomic mass is 10.3. The molecule has 0 radical (unpaired) electrons. The lowest BCUT2D eigenvalue weighted by molar-refractivity contribution is -0.696. The number of pyridine rings is 1. The molecule has 0 spiro atoms. The second-order valence-corrected chi connectivity index (χ2v) is 4.49. The topological polar surface area (TPSA) is 36.2 Å². The molecule has 92 valence electrons. The fourth-order valence-corrected chi connectivity index (χ4v) is 1.98. The molecule has 0 saturated carbocycles. The highest BCUT2D eigenvalue weighted by Gasteiger charge is 2.17. The third-order valence-corrected chi connectivity index (χ3v) is 3.11. The zero-order valence-electron chi connectivity index (χ0n) is 10.4. The summed E-state index contributed by atoms with van der Waals surface area (Å²) in [6, 6.07) is 4.13. The third kappa shape index (κ3) is 3.53. The quantitative estimate of drug-likeness (QED) is 0.753. The van der Waals surface area contributed by atoms with Gasteiger partial charge < -0.3 is 10.2 Å². The molecule has 1 aromatic rings. The fraction of sp³-hybridized carbons (Fsp3) is 0.538. The van der Waals surface area contributed by atoms with Crippen LogP contribution < -0.4 is 9.88 Å². The first kappa shape index (κ1) is 12.0. The van der Waals surface area contributed by atoms with E-state index in [1.165, 1.54) is 5.56 Å². The largest absolute Gasteiger partial charge is 0.340 e. The molecule has 2 rings (SSSR count). The minimum atomic E-state index is 0.263. The van der Waals surface area contributed by atoms with Crippen molar-refractivity contribution in [3.8, 4) is 0 Å². The van der Waals surface area contributed by atoms with Crippen LogP contribution in [0, 0.1) is 6.92 Å². The lowest BCUT2D eigenvalue weighted by Gasteiger charge is -2.27. The number of hydrogen-bond acceptors (Lipinski definition) is 2. The van der Waals surface area contributed by atoms with Gasteiger partial charge in [-0.15, -0.1) is 0 Å². The predicted molar refractivity (Wildman–Crippen MR) is 65.4 cm³/mol. The zero-order valence-corrected chi connectivity index (χ0v) is 10.4. The summed E-state index contributed by atoms with van der Waals surface area (Å²) in [6.07, 6.45) is 4.65. The number of carbonyl (C=O) groups excluding carboxylic acids is 1. The van der Waals surface area contributed by atoms with Crippen molar-refractivity contribution < 1.29 is 9.36 Å². The van der Waals surface area contributed by atoms with E-state index in [1.807, 2.05) is 17.3 Å². The first-order valence-electron chi connectivity index (χ1n) is 6.20. The zero-order chi connectivity index (χ0) is 12.1. The monoisotopic (exact) mass is 234 g/mol. The summed E-state index contributed by atoms with van der Waals surface area (Å²) in [5, 5.41) is 3.25. The van der Waals surface area contributed by atoms with Crippen molar-refractivity contribution in [1.82, 2.24) is 10.2 Å². The summed E-state index contributed by atoms with van der Waals surface area (Å²) in [7, 11) is 0. The van der Waals surface area contributed by atoms with Gasteiger partial charge in [-0.1, -0.05) is 0 Å². The van der Waals surface area contributed by atoms with Crippen LogP contribution in [0.25, 0.3) is 0 Å². The van der Waals surface area contributed by atoms with Gasteiger partial charge >= 0.3 is 0 Å². The number of carbonyl (C=O) groups is 1. The van der Waals surface area contributed by atoms with E-state index >= 15 is 0 Å². The second kappa shape index (κ2) is 5.77. The Balaban J connectivity index is 1.81. The normalized spacial score (nSPS) is 15.9. The van der Waals surface area contributed by atoms with E-state index in [4.69, 9.17) is 0 Å². The van der Waals surface area contributed by atoms with E-state index in [-0.39, 0.29) is 5.91 Å². The van der Waals surface area contributed by atoms with Crippen molar-refractivity contribution in [3.05, 3.63) is 30.1 Å². The third-order valence-electron chi connectivity index (χ3n) is 3.11. The number of hydrogen-bond donors (Lipinski definition) is 1. The van der Waals surface area contributed by atoms with Gasteiger partial charge in [0.2, 0.25) is 5.91 Å². The van der Waals surface area contributed by atoms with E-state index in [0.717, 1.165) is 32.7 Å². The summed E-state index contributed by atoms with van der Waals surface area (Å²) in [6.45, 7) is 6.36. The van der Waals surface area contributed by atoms with Crippen LogP contribution in [-0.2, 0) is 11.3 Å². The Morgan fingerprint density at radius 2 is 2.00 bits per heavy atom. The molecule has 1 aliphatic heterocycles. The molecule has 4 nitrogen and oxygen atoms in total. The number of nitrogens with zero attached hydrogens (tertiary/aromatic N) is 2. The summed E-state index contributed by atoms with van der Waals surface area (Å²) >= 11 is 0. The van der Waals surface area contributed by atoms with Gasteiger partial charge in [0.1, 0.15) is 0 Å². The number of piperazine rings is 1. The maximum atomic E-state index is 11.9. The Bertz CT molecular complexity index is 369. The Labute approximate surface area is 102 Å². The molecule has 1 amide bonds. The molecule has 0 atom stereocenters. The second-order valence-electron chi connectivity index (χ2n) is 4.49. The van der Waals surface area contributed by atoms with Gasteiger partial charge in [0.25, 0.3) is 0 Å². The minimum Gasteiger partial charge on any atom is -0.340 e. The van der Waals surface area contributed by atoms with Crippen LogP contribution in [-0.4, -0.2) is 37.0 Å². The van der Waals surface area contributed by atoms with Crippen LogP contribution in [0.1, 0.15) is 12.0 Å². The van der Waals surface area contributed by atoms with Gasteiger partial charge in [-0.05, 0) is 12.5 Å². The molecular weight excluding hydrogens is 214 g/mol. The molecule has 0 bridgehead atoms. The standard InChI is InChI=1S/C13H20N3O/c1-12-2-7-15(8-3-12)9-4-13(17)16-10-5-14-6-11-16/h2-3,7-8,14H,4-6,9-11H2,1H3/q+1. The maximum absolute atomic E-state index is 11.9. The number of rotatable bonds is 3. The van der Waals surface area contributed by atoms with Crippen molar-refractivity contribution in [2.75, 3.05) is 26.2 Å². The van der Waals surface area contributed by atoms with Gasteiger partial charge in [-0.25, -0.2) is 4.57 Å². The van der Waals surface area contributed by atoms with Gasteiger partial charge in [0.15, 0.2) is 18.9 Å². The van der Waals surface area contributed by atoms with E-state index in [0.29, 0.717) is 6.42 Å². The highest BCUT2D eigenvalue weighted by Crippen LogP contribution is 1.97. The number of amides is 1. The molecule has 1 aromatic heterocycles. The Hall–Kier alpha value is -1.42. The molecule has 0 aromatic carbocycles. The average molecular weight is 234 g/mol. The Kier molecular flexibility index (Phi) is 4.09. The highest BCUT2D eigenvalue weighted by molar-refractivity contribution is 5.76. The smallest absolute Gasteiger partial charge is 0.229 e. The van der Waals surface area contributed by atoms with Crippen LogP contribution in [0.5, 0.6) is 0 Å². The van der Waals surface area contributed by atoms with Crippen molar-refractivity contribution in [2.45, 2.75) is 19.9 Å². The lowest BCUT2D eigenvalue weighted by Crippen LogP contribution is -2.47. The van der Waals surface area contributed by atoms with Gasteiger partial charge in [-0.3, -0.25) is 4.79 Å². The van der Waals surface area contributed by atoms with E-state index in [1.54, 1.807) is 0 Å². The molecule has 1 fully saturated rings. The summed E-state index contributed by atoms with van der Waals surface area (Å²) in [5.41, 5.74) is 1.25. The molecule has 1 aliphatic rings. The van der Waals surface area contributed by atoms with Gasteiger partial charge in [0.05, 0.1) is 6.42 Å². The number of aromatic nitrogens is 1.